The zero-order valence-corrected chi connectivity index (χ0v) is 10.8. The van der Waals surface area contributed by atoms with E-state index in [1.165, 1.54) is 11.3 Å². The zero-order valence-electron chi connectivity index (χ0n) is 9.96. The second kappa shape index (κ2) is 4.65. The van der Waals surface area contributed by atoms with E-state index in [4.69, 9.17) is 0 Å². The van der Waals surface area contributed by atoms with Crippen molar-refractivity contribution in [1.29, 1.82) is 0 Å². The minimum absolute atomic E-state index is 0.0143. The lowest BCUT2D eigenvalue weighted by atomic mass is 10.0. The van der Waals surface area contributed by atoms with Crippen LogP contribution in [0.15, 0.2) is 22.6 Å². The predicted octanol–water partition coefficient (Wildman–Crippen LogP) is 2.22. The molecule has 4 nitrogen and oxygen atoms in total. The molecule has 1 atom stereocenters. The number of thiophene rings is 1. The van der Waals surface area contributed by atoms with Gasteiger partial charge >= 0.3 is 0 Å². The lowest BCUT2D eigenvalue weighted by molar-refractivity contribution is -0.120. The number of fused-ring (bicyclic) bond motifs is 1. The van der Waals surface area contributed by atoms with Crippen LogP contribution in [0.1, 0.15) is 25.7 Å². The van der Waals surface area contributed by atoms with Gasteiger partial charge in [-0.05, 0) is 30.7 Å². The highest BCUT2D eigenvalue weighted by molar-refractivity contribution is 7.17. The summed E-state index contributed by atoms with van der Waals surface area (Å²) in [4.78, 5) is 27.9. The maximum atomic E-state index is 12.1. The Morgan fingerprint density at radius 1 is 1.44 bits per heavy atom. The molecule has 5 heteroatoms. The minimum atomic E-state index is 0.0143. The number of carbonyl (C=O) groups excluding carboxylic acids is 1. The molecule has 1 aliphatic carbocycles. The molecule has 0 aliphatic heterocycles. The molecule has 0 spiro atoms. The second-order valence-corrected chi connectivity index (χ2v) is 5.64. The van der Waals surface area contributed by atoms with E-state index in [9.17, 15) is 9.59 Å². The Morgan fingerprint density at radius 2 is 2.33 bits per heavy atom. The monoisotopic (exact) mass is 262 g/mol. The molecule has 1 unspecified atom stereocenters. The topological polar surface area (TPSA) is 52.0 Å². The summed E-state index contributed by atoms with van der Waals surface area (Å²) in [5, 5.41) is 1.88. The van der Waals surface area contributed by atoms with Crippen molar-refractivity contribution in [2.24, 2.45) is 5.92 Å². The molecular formula is C13H14N2O2S. The van der Waals surface area contributed by atoms with Gasteiger partial charge in [-0.1, -0.05) is 0 Å². The van der Waals surface area contributed by atoms with Crippen LogP contribution in [-0.4, -0.2) is 15.3 Å². The molecule has 1 saturated carbocycles. The van der Waals surface area contributed by atoms with Gasteiger partial charge in [0.1, 0.15) is 10.5 Å². The van der Waals surface area contributed by atoms with Crippen LogP contribution in [0.25, 0.3) is 10.2 Å². The first kappa shape index (κ1) is 11.6. The highest BCUT2D eigenvalue weighted by Crippen LogP contribution is 2.24. The van der Waals surface area contributed by atoms with Crippen molar-refractivity contribution in [1.82, 2.24) is 9.55 Å². The van der Waals surface area contributed by atoms with Gasteiger partial charge in [-0.15, -0.1) is 11.3 Å². The Hall–Kier alpha value is -1.49. The average Bonchev–Trinajstić information content (AvgIpc) is 2.98. The first-order valence-corrected chi connectivity index (χ1v) is 7.09. The molecule has 18 heavy (non-hydrogen) atoms. The van der Waals surface area contributed by atoms with Crippen LogP contribution >= 0.6 is 11.3 Å². The maximum Gasteiger partial charge on any atom is 0.271 e. The van der Waals surface area contributed by atoms with Gasteiger partial charge in [-0.2, -0.15) is 0 Å². The first-order chi connectivity index (χ1) is 8.75. The number of aryl methyl sites for hydroxylation is 1. The number of hydrogen-bond acceptors (Lipinski definition) is 4. The highest BCUT2D eigenvalue weighted by Gasteiger charge is 2.23. The van der Waals surface area contributed by atoms with Gasteiger partial charge in [-0.25, -0.2) is 4.98 Å². The number of hydrogen-bond donors (Lipinski definition) is 0. The Bertz CT molecular complexity index is 644. The Morgan fingerprint density at radius 3 is 3.11 bits per heavy atom. The summed E-state index contributed by atoms with van der Waals surface area (Å²) in [6.45, 7) is 0.593. The smallest absolute Gasteiger partial charge is 0.271 e. The molecule has 0 aromatic carbocycles. The molecule has 0 saturated heterocycles. The van der Waals surface area contributed by atoms with Crippen molar-refractivity contribution in [2.75, 3.05) is 0 Å². The van der Waals surface area contributed by atoms with E-state index in [1.54, 1.807) is 10.9 Å². The number of rotatable bonds is 3. The normalized spacial score (nSPS) is 19.8. The van der Waals surface area contributed by atoms with Crippen molar-refractivity contribution in [3.05, 3.63) is 28.1 Å². The molecule has 3 rings (SSSR count). The summed E-state index contributed by atoms with van der Waals surface area (Å²) in [7, 11) is 0. The molecule has 2 aromatic heterocycles. The van der Waals surface area contributed by atoms with E-state index < -0.39 is 0 Å². The lowest BCUT2D eigenvalue weighted by Crippen LogP contribution is -2.21. The number of ketones is 1. The van der Waals surface area contributed by atoms with E-state index >= 15 is 0 Å². The zero-order chi connectivity index (χ0) is 12.5. The van der Waals surface area contributed by atoms with E-state index in [0.29, 0.717) is 23.4 Å². The van der Waals surface area contributed by atoms with Crippen LogP contribution in [0.2, 0.25) is 0 Å². The van der Waals surface area contributed by atoms with Gasteiger partial charge in [0.05, 0.1) is 11.8 Å². The van der Waals surface area contributed by atoms with Gasteiger partial charge in [0.25, 0.3) is 5.56 Å². The van der Waals surface area contributed by atoms with Gasteiger partial charge in [-0.3, -0.25) is 14.2 Å². The quantitative estimate of drug-likeness (QED) is 0.852. The molecule has 1 aliphatic rings. The van der Waals surface area contributed by atoms with Crippen molar-refractivity contribution in [3.8, 4) is 0 Å². The molecule has 0 amide bonds. The van der Waals surface area contributed by atoms with Gasteiger partial charge < -0.3 is 0 Å². The third-order valence-electron chi connectivity index (χ3n) is 3.59. The van der Waals surface area contributed by atoms with E-state index in [2.05, 4.69) is 4.98 Å². The van der Waals surface area contributed by atoms with E-state index in [0.717, 1.165) is 24.8 Å². The van der Waals surface area contributed by atoms with Gasteiger partial charge in [0, 0.05) is 18.9 Å². The Balaban J connectivity index is 1.80. The summed E-state index contributed by atoms with van der Waals surface area (Å²) < 4.78 is 2.33. The summed E-state index contributed by atoms with van der Waals surface area (Å²) >= 11 is 1.42. The number of nitrogens with zero attached hydrogens (tertiary/aromatic N) is 2. The van der Waals surface area contributed by atoms with E-state index in [-0.39, 0.29) is 11.5 Å². The van der Waals surface area contributed by atoms with Crippen LogP contribution < -0.4 is 5.56 Å². The minimum Gasteiger partial charge on any atom is -0.299 e. The fourth-order valence-electron chi connectivity index (χ4n) is 2.53. The summed E-state index contributed by atoms with van der Waals surface area (Å²) in [6.07, 6.45) is 5.04. The number of carbonyl (C=O) groups is 1. The highest BCUT2D eigenvalue weighted by atomic mass is 32.1. The van der Waals surface area contributed by atoms with E-state index in [1.807, 2.05) is 11.4 Å². The lowest BCUT2D eigenvalue weighted by Gasteiger charge is -2.09. The van der Waals surface area contributed by atoms with Crippen LogP contribution in [0, 0.1) is 5.92 Å². The van der Waals surface area contributed by atoms with Crippen molar-refractivity contribution in [2.45, 2.75) is 32.2 Å². The molecule has 2 heterocycles. The Labute approximate surface area is 108 Å². The largest absolute Gasteiger partial charge is 0.299 e. The van der Waals surface area contributed by atoms with Gasteiger partial charge in [0.15, 0.2) is 0 Å². The first-order valence-electron chi connectivity index (χ1n) is 6.21. The third kappa shape index (κ3) is 1.99. The average molecular weight is 262 g/mol. The molecular weight excluding hydrogens is 248 g/mol. The second-order valence-electron chi connectivity index (χ2n) is 4.72. The summed E-state index contributed by atoms with van der Waals surface area (Å²) in [5.74, 6) is 0.504. The van der Waals surface area contributed by atoms with Crippen LogP contribution in [-0.2, 0) is 11.3 Å². The maximum absolute atomic E-state index is 12.1. The summed E-state index contributed by atoms with van der Waals surface area (Å²) in [5.41, 5.74) is 0.777. The molecule has 94 valence electrons. The van der Waals surface area contributed by atoms with Crippen molar-refractivity contribution < 1.29 is 4.79 Å². The SMILES string of the molecule is O=C1CCCC1CCn1cnc2ccsc2c1=O. The fraction of sp³-hybridized carbons (Fsp3) is 0.462. The molecule has 0 bridgehead atoms. The number of aromatic nitrogens is 2. The predicted molar refractivity (Wildman–Crippen MR) is 70.8 cm³/mol. The number of Topliss-reactive ketones (excluding diaryl/α,β-unsaturated/α-hetero) is 1. The van der Waals surface area contributed by atoms with Crippen LogP contribution in [0.4, 0.5) is 0 Å². The van der Waals surface area contributed by atoms with Gasteiger partial charge in [0.2, 0.25) is 0 Å². The fourth-order valence-corrected chi connectivity index (χ4v) is 3.32. The standard InChI is InChI=1S/C13H14N2O2S/c16-11-3-1-2-9(11)4-6-15-8-14-10-5-7-18-12(10)13(15)17/h5,7-9H,1-4,6H2. The summed E-state index contributed by atoms with van der Waals surface area (Å²) in [6, 6.07) is 1.85. The molecule has 2 aromatic rings. The van der Waals surface area contributed by atoms with Crippen LogP contribution in [0.3, 0.4) is 0 Å². The third-order valence-corrected chi connectivity index (χ3v) is 4.48. The van der Waals surface area contributed by atoms with Crippen molar-refractivity contribution >= 4 is 27.3 Å². The Kier molecular flexibility index (Phi) is 2.99. The molecule has 0 N–H and O–H groups in total. The van der Waals surface area contributed by atoms with Crippen LogP contribution in [0.5, 0.6) is 0 Å². The molecule has 1 fully saturated rings. The molecule has 0 radical (unpaired) electrons. The van der Waals surface area contributed by atoms with Crippen molar-refractivity contribution in [3.63, 3.8) is 0 Å².